The second kappa shape index (κ2) is 138. The number of hydrogen-bond donors (Lipinski definition) is 4. The van der Waals surface area contributed by atoms with Crippen LogP contribution in [0, 0.1) is 0 Å². The Morgan fingerprint density at radius 1 is 0.138 bits per heavy atom. The third kappa shape index (κ3) is 135. The maximum atomic E-state index is 5.61. The molecular formula is C119H257Br2N9. The largest absolute Gasteiger partial charge is 0.330 e. The molecule has 0 amide bonds. The summed E-state index contributed by atoms with van der Waals surface area (Å²) in [5.74, 6) is 0. The van der Waals surface area contributed by atoms with Gasteiger partial charge in [0.2, 0.25) is 0 Å². The molecule has 0 unspecified atom stereocenters. The number of nitrogens with two attached hydrogens (primary N) is 2. The van der Waals surface area contributed by atoms with Gasteiger partial charge in [-0.1, -0.05) is 546 Å². The molecule has 0 spiro atoms. The topological polar surface area (TPSA) is 92.3 Å². The van der Waals surface area contributed by atoms with Gasteiger partial charge in [-0.25, -0.2) is 0 Å². The van der Waals surface area contributed by atoms with Crippen LogP contribution in [0.2, 0.25) is 0 Å². The van der Waals surface area contributed by atoms with Crippen molar-refractivity contribution in [3.8, 4) is 0 Å². The Morgan fingerprint density at radius 3 is 0.408 bits per heavy atom. The van der Waals surface area contributed by atoms with Gasteiger partial charge in [0.05, 0.1) is 0 Å². The molecule has 9 nitrogen and oxygen atoms in total. The van der Waals surface area contributed by atoms with Crippen LogP contribution in [-0.2, 0) is 0 Å². The monoisotopic (exact) mass is 1970 g/mol. The number of nitrogens with zero attached hydrogens (tertiary/aromatic N) is 5. The van der Waals surface area contributed by atoms with Crippen molar-refractivity contribution in [1.29, 1.82) is 0 Å². The minimum absolute atomic E-state index is 0. The van der Waals surface area contributed by atoms with E-state index in [0.29, 0.717) is 0 Å². The van der Waals surface area contributed by atoms with Gasteiger partial charge in [-0.3, -0.25) is 0 Å². The Labute approximate surface area is 843 Å². The van der Waals surface area contributed by atoms with Crippen molar-refractivity contribution >= 4 is 31.9 Å². The van der Waals surface area contributed by atoms with E-state index in [2.05, 4.69) is 143 Å². The van der Waals surface area contributed by atoms with Gasteiger partial charge in [-0.05, 0) is 247 Å². The molecule has 130 heavy (non-hydrogen) atoms. The number of rotatable bonds is 109. The van der Waals surface area contributed by atoms with Crippen LogP contribution >= 0.6 is 31.9 Å². The second-order valence-corrected chi connectivity index (χ2v) is 42.1. The number of nitrogens with one attached hydrogen (secondary N) is 2. The summed E-state index contributed by atoms with van der Waals surface area (Å²) >= 11 is 6.84. The molecule has 0 rings (SSSR count). The lowest BCUT2D eigenvalue weighted by Crippen LogP contribution is -2.34. The minimum Gasteiger partial charge on any atom is -0.330 e. The average molecular weight is 1970 g/mol. The van der Waals surface area contributed by atoms with Crippen LogP contribution in [0.1, 0.15) is 623 Å². The first-order valence-corrected chi connectivity index (χ1v) is 62.5. The van der Waals surface area contributed by atoms with Crippen LogP contribution in [0.15, 0.2) is 0 Å². The Kier molecular flexibility index (Phi) is 150. The molecule has 0 heterocycles. The molecule has 0 saturated heterocycles. The van der Waals surface area contributed by atoms with Gasteiger partial charge in [0.1, 0.15) is 0 Å². The lowest BCUT2D eigenvalue weighted by molar-refractivity contribution is 0.200. The summed E-state index contributed by atoms with van der Waals surface area (Å²) in [7, 11) is 0. The van der Waals surface area contributed by atoms with E-state index in [9.17, 15) is 0 Å². The lowest BCUT2D eigenvalue weighted by atomic mass is 10.1. The van der Waals surface area contributed by atoms with Gasteiger partial charge >= 0.3 is 0 Å². The highest BCUT2D eigenvalue weighted by molar-refractivity contribution is 9.09. The van der Waals surface area contributed by atoms with E-state index in [-0.39, 0.29) is 7.43 Å². The maximum Gasteiger partial charge on any atom is 0.00313 e. The molecule has 6 N–H and O–H groups in total. The first kappa shape index (κ1) is 141. The highest BCUT2D eigenvalue weighted by Gasteiger charge is 2.14. The summed E-state index contributed by atoms with van der Waals surface area (Å²) in [5.41, 5.74) is 11.2. The minimum atomic E-state index is 0. The van der Waals surface area contributed by atoms with Crippen molar-refractivity contribution in [2.75, 3.05) is 148 Å². The Balaban J connectivity index is -0.000000427. The van der Waals surface area contributed by atoms with Gasteiger partial charge in [0, 0.05) is 10.7 Å². The Bertz CT molecular complexity index is 1620. The van der Waals surface area contributed by atoms with Crippen LogP contribution in [0.4, 0.5) is 0 Å². The number of unbranched alkanes of at least 4 members (excludes halogenated alkanes) is 67. The van der Waals surface area contributed by atoms with Crippen molar-refractivity contribution < 1.29 is 0 Å². The zero-order valence-electron chi connectivity index (χ0n) is 91.8. The van der Waals surface area contributed by atoms with Gasteiger partial charge in [0.25, 0.3) is 0 Å². The molecular weight excluding hydrogens is 1720 g/mol. The molecule has 0 radical (unpaired) electrons. The smallest absolute Gasteiger partial charge is 0.00313 e. The van der Waals surface area contributed by atoms with E-state index in [4.69, 9.17) is 11.5 Å². The van der Waals surface area contributed by atoms with Crippen molar-refractivity contribution in [1.82, 2.24) is 35.1 Å². The number of alkyl halides is 2. The number of halogens is 2. The molecule has 0 aliphatic carbocycles. The fourth-order valence-electron chi connectivity index (χ4n) is 18.2. The molecule has 792 valence electrons. The third-order valence-corrected chi connectivity index (χ3v) is 28.2. The summed E-state index contributed by atoms with van der Waals surface area (Å²) in [6.07, 6.45) is 118. The lowest BCUT2D eigenvalue weighted by Gasteiger charge is -2.28. The average Bonchev–Trinajstić information content (AvgIpc) is 0.953. The molecule has 0 aromatic heterocycles. The van der Waals surface area contributed by atoms with Crippen LogP contribution in [0.25, 0.3) is 0 Å². The van der Waals surface area contributed by atoms with E-state index in [1.807, 2.05) is 0 Å². The van der Waals surface area contributed by atoms with Crippen LogP contribution < -0.4 is 22.1 Å². The third-order valence-electron chi connectivity index (χ3n) is 27.1. The summed E-state index contributed by atoms with van der Waals surface area (Å²) in [6.45, 7) is 51.2. The van der Waals surface area contributed by atoms with E-state index >= 15 is 0 Å². The van der Waals surface area contributed by atoms with Crippen molar-refractivity contribution in [3.05, 3.63) is 0 Å². The fraction of sp³-hybridized carbons (Fsp3) is 1.00. The molecule has 0 fully saturated rings. The highest BCUT2D eigenvalue weighted by Crippen LogP contribution is 2.19. The summed E-state index contributed by atoms with van der Waals surface area (Å²) in [6, 6.07) is 0. The predicted molar refractivity (Wildman–Crippen MR) is 611 cm³/mol. The SMILES string of the molecule is C.CCCCCCCCBr.CCCCCCCCBr.CCCCCCCCCCCCN(CCCN(CCCCCCCC)CCCCCCCC)CCCN(CCCCCCCC)CCCCCCCC.CCCCCCCCCCCCN(CCCN)CCCN.CCCCCCCCCCCCN(CCCNCCCCCCCC)CCCNCCCCCCCC. The van der Waals surface area contributed by atoms with Gasteiger partial charge in [-0.2, -0.15) is 0 Å². The molecule has 0 bridgehead atoms. The molecule has 0 aliphatic heterocycles. The van der Waals surface area contributed by atoms with Gasteiger partial charge < -0.3 is 46.6 Å². The zero-order chi connectivity index (χ0) is 95.0. The van der Waals surface area contributed by atoms with Crippen LogP contribution in [-0.4, -0.2) is 173 Å². The molecule has 0 atom stereocenters. The van der Waals surface area contributed by atoms with Crippen LogP contribution in [0.3, 0.4) is 0 Å². The van der Waals surface area contributed by atoms with E-state index in [1.165, 1.54) is 648 Å². The standard InChI is InChI=1S/C50H105N3.C34H73N3.C18H41N3.2C8H17Br.CH4/c1-6-11-16-21-26-27-28-29-34-39-46-53(49-40-47-51(42-35-30-22-17-12-7-2)43-36-31-23-18-13-8-3)50-41-48-52(44-37-32-24-19-14-9-4)45-38-33-25-20-15-10-5;1-4-7-10-13-16-17-18-19-22-25-32-37(33-26-30-35-28-23-20-14-11-8-5-2)34-27-31-36-29-24-21-15-12-9-6-3;1-2-3-4-5-6-7-8-9-10-11-16-21(17-12-14-19)18-13-15-20;2*1-2-3-4-5-6-7-8-9;/h6-50H2,1-5H3;35-36H,4-34H2,1-3H3;2-20H2,1H3;2*2-8H2,1H3;1H4. The highest BCUT2D eigenvalue weighted by atomic mass is 79.9. The number of hydrogen-bond acceptors (Lipinski definition) is 9. The van der Waals surface area contributed by atoms with E-state index in [0.717, 1.165) is 39.0 Å². The molecule has 0 saturated carbocycles. The van der Waals surface area contributed by atoms with Crippen molar-refractivity contribution in [2.24, 2.45) is 11.5 Å². The second-order valence-electron chi connectivity index (χ2n) is 40.5. The van der Waals surface area contributed by atoms with Gasteiger partial charge in [-0.15, -0.1) is 0 Å². The molecule has 0 aromatic rings. The first-order chi connectivity index (χ1) is 63.7. The zero-order valence-corrected chi connectivity index (χ0v) is 95.0. The van der Waals surface area contributed by atoms with Crippen molar-refractivity contribution in [3.63, 3.8) is 0 Å². The van der Waals surface area contributed by atoms with E-state index < -0.39 is 0 Å². The summed E-state index contributed by atoms with van der Waals surface area (Å²) < 4.78 is 0. The van der Waals surface area contributed by atoms with Gasteiger partial charge in [0.15, 0.2) is 0 Å². The van der Waals surface area contributed by atoms with Crippen molar-refractivity contribution in [2.45, 2.75) is 623 Å². The Morgan fingerprint density at radius 2 is 0.254 bits per heavy atom. The van der Waals surface area contributed by atoms with Crippen LogP contribution in [0.5, 0.6) is 0 Å². The Hall–Kier alpha value is 0.600. The molecule has 11 heteroatoms. The summed E-state index contributed by atoms with van der Waals surface area (Å²) in [5, 5.41) is 9.78. The predicted octanol–water partition coefficient (Wildman–Crippen LogP) is 38.0. The maximum absolute atomic E-state index is 5.61. The molecule has 0 aliphatic rings. The van der Waals surface area contributed by atoms with E-state index in [1.54, 1.807) is 0 Å². The first-order valence-electron chi connectivity index (χ1n) is 60.3. The normalized spacial score (nSPS) is 11.4. The summed E-state index contributed by atoms with van der Waals surface area (Å²) in [4.78, 5) is 14.0. The molecule has 0 aromatic carbocycles. The fourth-order valence-corrected chi connectivity index (χ4v) is 19.0. The quantitative estimate of drug-likeness (QED) is 0.0351.